The monoisotopic (exact) mass is 169 g/mol. The normalized spacial score (nSPS) is 11.5. The number of hydrogen-bond acceptors (Lipinski definition) is 3. The van der Waals surface area contributed by atoms with E-state index in [4.69, 9.17) is 9.52 Å². The number of carbonyl (C=O) groups is 1. The van der Waals surface area contributed by atoms with Gasteiger partial charge < -0.3 is 9.52 Å². The molecule has 0 bridgehead atoms. The molecule has 0 amide bonds. The van der Waals surface area contributed by atoms with Crippen molar-refractivity contribution in [2.24, 2.45) is 0 Å². The van der Waals surface area contributed by atoms with Gasteiger partial charge in [-0.1, -0.05) is 13.8 Å². The summed E-state index contributed by atoms with van der Waals surface area (Å²) in [5.41, 5.74) is -0.484. The second-order valence-corrected chi connectivity index (χ2v) is 3.32. The first-order valence-corrected chi connectivity index (χ1v) is 3.63. The first kappa shape index (κ1) is 8.77. The largest absolute Gasteiger partial charge is 0.481 e. The van der Waals surface area contributed by atoms with E-state index >= 15 is 0 Å². The standard InChI is InChI=1S/C8H11NO3/c1-8(2,3-7(10)11)6-4-9-5-12-6/h4-5H,3H2,1-2H3,(H,10,11). The van der Waals surface area contributed by atoms with E-state index in [0.717, 1.165) is 0 Å². The highest BCUT2D eigenvalue weighted by atomic mass is 16.4. The van der Waals surface area contributed by atoms with Crippen LogP contribution in [-0.2, 0) is 10.2 Å². The van der Waals surface area contributed by atoms with Gasteiger partial charge in [0, 0.05) is 5.41 Å². The van der Waals surface area contributed by atoms with Crippen molar-refractivity contribution in [3.05, 3.63) is 18.4 Å². The summed E-state index contributed by atoms with van der Waals surface area (Å²) in [5.74, 6) is -0.235. The predicted molar refractivity (Wildman–Crippen MR) is 41.8 cm³/mol. The number of hydrogen-bond donors (Lipinski definition) is 1. The zero-order valence-electron chi connectivity index (χ0n) is 7.07. The maximum Gasteiger partial charge on any atom is 0.304 e. The van der Waals surface area contributed by atoms with E-state index in [1.807, 2.05) is 13.8 Å². The zero-order chi connectivity index (χ0) is 9.19. The van der Waals surface area contributed by atoms with Crippen LogP contribution < -0.4 is 0 Å². The molecule has 4 heteroatoms. The van der Waals surface area contributed by atoms with Crippen LogP contribution in [0.4, 0.5) is 0 Å². The summed E-state index contributed by atoms with van der Waals surface area (Å²) in [4.78, 5) is 14.2. The number of oxazole rings is 1. The molecule has 0 aliphatic carbocycles. The van der Waals surface area contributed by atoms with Crippen LogP contribution in [0.1, 0.15) is 26.0 Å². The molecule has 0 radical (unpaired) electrons. The molecule has 4 nitrogen and oxygen atoms in total. The van der Waals surface area contributed by atoms with E-state index in [1.54, 1.807) is 6.20 Å². The second-order valence-electron chi connectivity index (χ2n) is 3.32. The minimum Gasteiger partial charge on any atom is -0.481 e. The van der Waals surface area contributed by atoms with Gasteiger partial charge in [0.25, 0.3) is 0 Å². The van der Waals surface area contributed by atoms with E-state index in [2.05, 4.69) is 4.98 Å². The van der Waals surface area contributed by atoms with Crippen LogP contribution in [0.2, 0.25) is 0 Å². The van der Waals surface area contributed by atoms with Gasteiger partial charge in [0.15, 0.2) is 6.39 Å². The predicted octanol–water partition coefficient (Wildman–Crippen LogP) is 1.43. The van der Waals surface area contributed by atoms with E-state index in [1.165, 1.54) is 6.39 Å². The smallest absolute Gasteiger partial charge is 0.304 e. The lowest BCUT2D eigenvalue weighted by molar-refractivity contribution is -0.138. The number of carboxylic acids is 1. The molecular formula is C8H11NO3. The third-order valence-electron chi connectivity index (χ3n) is 1.69. The quantitative estimate of drug-likeness (QED) is 0.743. The van der Waals surface area contributed by atoms with Gasteiger partial charge in [0.2, 0.25) is 0 Å². The molecule has 0 unspecified atom stereocenters. The fourth-order valence-corrected chi connectivity index (χ4v) is 1.02. The van der Waals surface area contributed by atoms with Crippen molar-refractivity contribution in [3.63, 3.8) is 0 Å². The Morgan fingerprint density at radius 3 is 2.83 bits per heavy atom. The minimum absolute atomic E-state index is 0.0438. The Hall–Kier alpha value is -1.32. The molecule has 1 N–H and O–H groups in total. The van der Waals surface area contributed by atoms with E-state index < -0.39 is 11.4 Å². The molecule has 1 aromatic heterocycles. The lowest BCUT2D eigenvalue weighted by atomic mass is 9.87. The van der Waals surface area contributed by atoms with Gasteiger partial charge >= 0.3 is 5.97 Å². The molecule has 0 spiro atoms. The molecule has 0 atom stereocenters. The summed E-state index contributed by atoms with van der Waals surface area (Å²) >= 11 is 0. The van der Waals surface area contributed by atoms with Gasteiger partial charge in [-0.15, -0.1) is 0 Å². The number of aromatic nitrogens is 1. The van der Waals surface area contributed by atoms with Gasteiger partial charge in [-0.25, -0.2) is 4.98 Å². The molecule has 1 heterocycles. The van der Waals surface area contributed by atoms with Crippen molar-refractivity contribution >= 4 is 5.97 Å². The Labute approximate surface area is 70.2 Å². The Kier molecular flexibility index (Phi) is 2.17. The van der Waals surface area contributed by atoms with Crippen molar-refractivity contribution in [3.8, 4) is 0 Å². The zero-order valence-corrected chi connectivity index (χ0v) is 7.07. The first-order valence-electron chi connectivity index (χ1n) is 3.63. The van der Waals surface area contributed by atoms with Gasteiger partial charge in [-0.3, -0.25) is 4.79 Å². The summed E-state index contributed by atoms with van der Waals surface area (Å²) in [6.45, 7) is 3.61. The van der Waals surface area contributed by atoms with E-state index in [9.17, 15) is 4.79 Å². The fourth-order valence-electron chi connectivity index (χ4n) is 1.02. The Morgan fingerprint density at radius 1 is 1.75 bits per heavy atom. The van der Waals surface area contributed by atoms with Crippen LogP contribution in [0.25, 0.3) is 0 Å². The van der Waals surface area contributed by atoms with Crippen LogP contribution >= 0.6 is 0 Å². The summed E-state index contributed by atoms with van der Waals surface area (Å²) in [6.07, 6.45) is 2.89. The summed E-state index contributed by atoms with van der Waals surface area (Å²) < 4.78 is 5.02. The average molecular weight is 169 g/mol. The maximum absolute atomic E-state index is 10.4. The maximum atomic E-state index is 10.4. The highest BCUT2D eigenvalue weighted by Gasteiger charge is 2.27. The third-order valence-corrected chi connectivity index (χ3v) is 1.69. The Bertz CT molecular complexity index is 264. The molecule has 0 fully saturated rings. The number of rotatable bonds is 3. The number of aliphatic carboxylic acids is 1. The first-order chi connectivity index (χ1) is 5.52. The molecule has 66 valence electrons. The highest BCUT2D eigenvalue weighted by molar-refractivity contribution is 5.68. The van der Waals surface area contributed by atoms with Crippen molar-refractivity contribution in [1.29, 1.82) is 0 Å². The molecule has 1 aromatic rings. The van der Waals surface area contributed by atoms with Crippen molar-refractivity contribution in [2.45, 2.75) is 25.7 Å². The molecule has 0 aliphatic rings. The summed E-state index contributed by atoms with van der Waals surface area (Å²) in [5, 5.41) is 8.59. The van der Waals surface area contributed by atoms with Gasteiger partial charge in [0.05, 0.1) is 12.6 Å². The number of nitrogens with zero attached hydrogens (tertiary/aromatic N) is 1. The van der Waals surface area contributed by atoms with Crippen LogP contribution in [-0.4, -0.2) is 16.1 Å². The summed E-state index contributed by atoms with van der Waals surface area (Å²) in [6, 6.07) is 0. The van der Waals surface area contributed by atoms with Gasteiger partial charge in [-0.2, -0.15) is 0 Å². The van der Waals surface area contributed by atoms with Crippen molar-refractivity contribution in [1.82, 2.24) is 4.98 Å². The molecular weight excluding hydrogens is 158 g/mol. The molecule has 1 rings (SSSR count). The molecule has 12 heavy (non-hydrogen) atoms. The average Bonchev–Trinajstić information content (AvgIpc) is 2.32. The number of carboxylic acid groups (broad SMARTS) is 1. The summed E-state index contributed by atoms with van der Waals surface area (Å²) in [7, 11) is 0. The van der Waals surface area contributed by atoms with Crippen LogP contribution in [0.3, 0.4) is 0 Å². The van der Waals surface area contributed by atoms with Crippen molar-refractivity contribution < 1.29 is 14.3 Å². The van der Waals surface area contributed by atoms with E-state index in [0.29, 0.717) is 5.76 Å². The lowest BCUT2D eigenvalue weighted by Gasteiger charge is -2.17. The van der Waals surface area contributed by atoms with Gasteiger partial charge in [0.1, 0.15) is 5.76 Å². The van der Waals surface area contributed by atoms with E-state index in [-0.39, 0.29) is 6.42 Å². The Balaban J connectivity index is 2.79. The highest BCUT2D eigenvalue weighted by Crippen LogP contribution is 2.26. The van der Waals surface area contributed by atoms with Crippen LogP contribution in [0.15, 0.2) is 17.0 Å². The SMILES string of the molecule is CC(C)(CC(=O)O)c1cnco1. The fraction of sp³-hybridized carbons (Fsp3) is 0.500. The molecule has 0 aromatic carbocycles. The topological polar surface area (TPSA) is 63.3 Å². The second kappa shape index (κ2) is 2.97. The minimum atomic E-state index is -0.837. The van der Waals surface area contributed by atoms with Crippen molar-refractivity contribution in [2.75, 3.05) is 0 Å². The molecule has 0 aliphatic heterocycles. The Morgan fingerprint density at radius 2 is 2.42 bits per heavy atom. The third kappa shape index (κ3) is 1.84. The van der Waals surface area contributed by atoms with Crippen LogP contribution in [0, 0.1) is 0 Å². The van der Waals surface area contributed by atoms with Crippen LogP contribution in [0.5, 0.6) is 0 Å². The van der Waals surface area contributed by atoms with Gasteiger partial charge in [-0.05, 0) is 0 Å². The molecule has 0 saturated carbocycles. The lowest BCUT2D eigenvalue weighted by Crippen LogP contribution is -2.20. The molecule has 0 saturated heterocycles.